The Hall–Kier alpha value is -2.39. The number of hydrogen-bond acceptors (Lipinski definition) is 6. The lowest BCUT2D eigenvalue weighted by atomic mass is 9.83. The Morgan fingerprint density at radius 1 is 1.25 bits per heavy atom. The summed E-state index contributed by atoms with van der Waals surface area (Å²) >= 11 is 0. The first-order chi connectivity index (χ1) is 17.4. The van der Waals surface area contributed by atoms with Crippen molar-refractivity contribution in [3.63, 3.8) is 0 Å². The molecule has 196 valence electrons. The minimum atomic E-state index is 0.137. The number of hydrogen-bond donors (Lipinski definition) is 3. The summed E-state index contributed by atoms with van der Waals surface area (Å²) in [6.07, 6.45) is 5.91. The van der Waals surface area contributed by atoms with E-state index in [1.54, 1.807) is 7.11 Å². The maximum atomic E-state index is 13.1. The number of nitrogens with zero attached hydrogens (tertiary/aromatic N) is 2. The number of aromatic nitrogens is 1. The first-order valence-electron chi connectivity index (χ1n) is 13.3. The van der Waals surface area contributed by atoms with Gasteiger partial charge in [-0.25, -0.2) is 5.43 Å². The first kappa shape index (κ1) is 25.3. The van der Waals surface area contributed by atoms with Crippen molar-refractivity contribution in [2.24, 2.45) is 11.3 Å². The molecule has 3 aliphatic rings. The van der Waals surface area contributed by atoms with E-state index in [9.17, 15) is 4.79 Å². The van der Waals surface area contributed by atoms with Crippen LogP contribution >= 0.6 is 0 Å². The molecule has 0 radical (unpaired) electrons. The van der Waals surface area contributed by atoms with Gasteiger partial charge in [-0.05, 0) is 47.8 Å². The van der Waals surface area contributed by atoms with Gasteiger partial charge in [0.2, 0.25) is 5.91 Å². The highest BCUT2D eigenvalue weighted by Crippen LogP contribution is 2.41. The number of morpholine rings is 1. The van der Waals surface area contributed by atoms with Crippen molar-refractivity contribution >= 4 is 16.8 Å². The van der Waals surface area contributed by atoms with Gasteiger partial charge in [-0.15, -0.1) is 0 Å². The van der Waals surface area contributed by atoms with Crippen LogP contribution in [0.4, 0.5) is 0 Å². The van der Waals surface area contributed by atoms with Crippen LogP contribution in [0.2, 0.25) is 0 Å². The van der Waals surface area contributed by atoms with Gasteiger partial charge < -0.3 is 24.8 Å². The molecule has 1 fully saturated rings. The fourth-order valence-corrected chi connectivity index (χ4v) is 5.72. The predicted molar refractivity (Wildman–Crippen MR) is 141 cm³/mol. The smallest absolute Gasteiger partial charge is 0.237 e. The van der Waals surface area contributed by atoms with E-state index in [0.29, 0.717) is 50.8 Å². The van der Waals surface area contributed by atoms with E-state index in [1.807, 2.05) is 4.90 Å². The molecule has 0 saturated carbocycles. The molecule has 36 heavy (non-hydrogen) atoms. The van der Waals surface area contributed by atoms with Crippen molar-refractivity contribution < 1.29 is 14.3 Å². The molecule has 1 aromatic heterocycles. The number of fused-ring (bicyclic) bond motifs is 2. The van der Waals surface area contributed by atoms with Gasteiger partial charge in [-0.3, -0.25) is 9.69 Å². The van der Waals surface area contributed by atoms with Crippen molar-refractivity contribution in [1.29, 1.82) is 0 Å². The summed E-state index contributed by atoms with van der Waals surface area (Å²) in [5.41, 5.74) is 12.1. The molecule has 8 heteroatoms. The molecule has 2 unspecified atom stereocenters. The van der Waals surface area contributed by atoms with E-state index in [4.69, 9.17) is 9.47 Å². The Balaban J connectivity index is 1.30. The van der Waals surface area contributed by atoms with Gasteiger partial charge in [0, 0.05) is 56.1 Å². The van der Waals surface area contributed by atoms with Crippen LogP contribution in [0.15, 0.2) is 36.0 Å². The quantitative estimate of drug-likeness (QED) is 0.521. The maximum Gasteiger partial charge on any atom is 0.237 e. The number of allylic oxidation sites excluding steroid dienone is 1. The zero-order chi connectivity index (χ0) is 25.1. The van der Waals surface area contributed by atoms with Crippen LogP contribution in [-0.4, -0.2) is 73.8 Å². The van der Waals surface area contributed by atoms with Crippen LogP contribution in [0.3, 0.4) is 0 Å². The fraction of sp³-hybridized carbons (Fsp3) is 0.607. The summed E-state index contributed by atoms with van der Waals surface area (Å²) in [7, 11) is 1.68. The van der Waals surface area contributed by atoms with Crippen molar-refractivity contribution in [3.05, 3.63) is 47.3 Å². The average molecular weight is 496 g/mol. The molecule has 3 heterocycles. The number of nitrogens with one attached hydrogen (secondary N) is 3. The number of H-pyrrole nitrogens is 1. The Morgan fingerprint density at radius 2 is 2.08 bits per heavy atom. The summed E-state index contributed by atoms with van der Waals surface area (Å²) in [5, 5.41) is 1.20. The molecule has 1 saturated heterocycles. The van der Waals surface area contributed by atoms with Crippen molar-refractivity contribution in [3.8, 4) is 0 Å². The van der Waals surface area contributed by atoms with E-state index < -0.39 is 0 Å². The fourth-order valence-electron chi connectivity index (χ4n) is 5.72. The lowest BCUT2D eigenvalue weighted by Crippen LogP contribution is -2.45. The van der Waals surface area contributed by atoms with Gasteiger partial charge in [-0.1, -0.05) is 32.1 Å². The number of hydrazine groups is 1. The first-order valence-corrected chi connectivity index (χ1v) is 13.3. The van der Waals surface area contributed by atoms with Gasteiger partial charge in [0.15, 0.2) is 0 Å². The van der Waals surface area contributed by atoms with Gasteiger partial charge >= 0.3 is 0 Å². The zero-order valence-electron chi connectivity index (χ0n) is 21.9. The number of methoxy groups -OCH3 is 1. The topological polar surface area (TPSA) is 81.9 Å². The van der Waals surface area contributed by atoms with Gasteiger partial charge in [-0.2, -0.15) is 0 Å². The number of amides is 1. The highest BCUT2D eigenvalue weighted by Gasteiger charge is 2.33. The van der Waals surface area contributed by atoms with E-state index in [2.05, 4.69) is 64.9 Å². The maximum absolute atomic E-state index is 13.1. The average Bonchev–Trinajstić information content (AvgIpc) is 3.24. The van der Waals surface area contributed by atoms with Crippen LogP contribution in [0.1, 0.15) is 50.4 Å². The van der Waals surface area contributed by atoms with Crippen LogP contribution in [0, 0.1) is 11.3 Å². The molecule has 1 aliphatic carbocycles. The molecule has 8 nitrogen and oxygen atoms in total. The van der Waals surface area contributed by atoms with Crippen LogP contribution in [0.5, 0.6) is 0 Å². The minimum Gasteiger partial charge on any atom is -0.383 e. The molecule has 5 rings (SSSR count). The largest absolute Gasteiger partial charge is 0.383 e. The van der Waals surface area contributed by atoms with E-state index in [-0.39, 0.29) is 11.9 Å². The molecule has 2 aromatic rings. The van der Waals surface area contributed by atoms with Crippen LogP contribution < -0.4 is 10.9 Å². The van der Waals surface area contributed by atoms with Gasteiger partial charge in [0.1, 0.15) is 0 Å². The third-order valence-corrected chi connectivity index (χ3v) is 7.85. The van der Waals surface area contributed by atoms with Gasteiger partial charge in [0.05, 0.1) is 32.4 Å². The minimum absolute atomic E-state index is 0.137. The van der Waals surface area contributed by atoms with Crippen LogP contribution in [-0.2, 0) is 20.8 Å². The van der Waals surface area contributed by atoms with Crippen molar-refractivity contribution in [2.75, 3.05) is 53.1 Å². The Labute approximate surface area is 214 Å². The normalized spacial score (nSPS) is 24.1. The molecular weight excluding hydrogens is 454 g/mol. The predicted octanol–water partition coefficient (Wildman–Crippen LogP) is 3.33. The van der Waals surface area contributed by atoms with Gasteiger partial charge in [0.25, 0.3) is 0 Å². The second-order valence-electron chi connectivity index (χ2n) is 11.3. The third-order valence-electron chi connectivity index (χ3n) is 7.85. The zero-order valence-corrected chi connectivity index (χ0v) is 21.9. The highest BCUT2D eigenvalue weighted by molar-refractivity contribution is 5.82. The molecule has 1 amide bonds. The van der Waals surface area contributed by atoms with Crippen molar-refractivity contribution in [2.45, 2.75) is 45.7 Å². The number of benzene rings is 1. The Kier molecular flexibility index (Phi) is 7.67. The Morgan fingerprint density at radius 3 is 2.89 bits per heavy atom. The number of aromatic amines is 1. The van der Waals surface area contributed by atoms with E-state index in [1.165, 1.54) is 29.6 Å². The summed E-state index contributed by atoms with van der Waals surface area (Å²) in [5.74, 6) is 0.607. The molecule has 2 atom stereocenters. The molecule has 2 bridgehead atoms. The molecule has 1 aromatic carbocycles. The second-order valence-corrected chi connectivity index (χ2v) is 11.3. The van der Waals surface area contributed by atoms with E-state index in [0.717, 1.165) is 30.6 Å². The van der Waals surface area contributed by atoms with E-state index >= 15 is 0 Å². The molecule has 2 aliphatic heterocycles. The summed E-state index contributed by atoms with van der Waals surface area (Å²) in [4.78, 5) is 20.9. The molecular formula is C28H41N5O3. The number of ether oxygens (including phenoxy) is 2. The lowest BCUT2D eigenvalue weighted by Gasteiger charge is -2.30. The summed E-state index contributed by atoms with van der Waals surface area (Å²) in [6, 6.07) is 8.97. The Bertz CT molecular complexity index is 1090. The monoisotopic (exact) mass is 495 g/mol. The SMILES string of the molecule is COCCN(Cc1ccc2cc(C3NNC4=CC3CCC(C)(C)C4)[nH]c2c1)C(=O)CN1CCOCC1. The number of rotatable bonds is 8. The molecule has 0 spiro atoms. The third kappa shape index (κ3) is 5.94. The second kappa shape index (κ2) is 10.9. The molecule has 3 N–H and O–H groups in total. The highest BCUT2D eigenvalue weighted by atomic mass is 16.5. The lowest BCUT2D eigenvalue weighted by molar-refractivity contribution is -0.134. The summed E-state index contributed by atoms with van der Waals surface area (Å²) < 4.78 is 10.7. The van der Waals surface area contributed by atoms with Crippen molar-refractivity contribution in [1.82, 2.24) is 25.6 Å². The number of carbonyl (C=O) groups excluding carboxylic acids is 1. The van der Waals surface area contributed by atoms with Crippen LogP contribution in [0.25, 0.3) is 10.9 Å². The standard InChI is InChI=1S/C28H41N5O3/c1-28(2)7-6-22-15-23(17-28)30-31-27(22)25-16-21-5-4-20(14-24(21)29-25)18-33(10-11-35-3)26(34)19-32-8-12-36-13-9-32/h4-5,14-16,22,27,29-31H,6-13,17-19H2,1-3H3. The summed E-state index contributed by atoms with van der Waals surface area (Å²) in [6.45, 7) is 9.82. The number of carbonyl (C=O) groups is 1.